The van der Waals surface area contributed by atoms with Crippen LogP contribution in [0.4, 0.5) is 0 Å². The topological polar surface area (TPSA) is 107 Å². The molecule has 0 aliphatic carbocycles. The normalized spacial score (nSPS) is 34.0. The smallest absolute Gasteiger partial charge is 0.310 e. The summed E-state index contributed by atoms with van der Waals surface area (Å²) in [6, 6.07) is -0.895. The van der Waals surface area contributed by atoms with Gasteiger partial charge in [-0.2, -0.15) is 0 Å². The van der Waals surface area contributed by atoms with Crippen LogP contribution in [0.1, 0.15) is 32.6 Å². The molecule has 0 aromatic heterocycles. The number of aliphatic carboxylic acids is 1. The minimum Gasteiger partial charge on any atom is -0.481 e. The van der Waals surface area contributed by atoms with Gasteiger partial charge in [-0.05, 0) is 19.3 Å². The van der Waals surface area contributed by atoms with Gasteiger partial charge in [-0.3, -0.25) is 14.4 Å². The van der Waals surface area contributed by atoms with Crippen molar-refractivity contribution in [2.24, 2.45) is 11.8 Å². The maximum atomic E-state index is 13.4. The van der Waals surface area contributed by atoms with E-state index in [0.717, 1.165) is 12.8 Å². The largest absolute Gasteiger partial charge is 0.481 e. The van der Waals surface area contributed by atoms with Gasteiger partial charge in [-0.15, -0.1) is 6.58 Å². The second-order valence-electron chi connectivity index (χ2n) is 7.58. The Labute approximate surface area is 158 Å². The number of aliphatic hydroxyl groups excluding tert-OH is 1. The molecule has 0 aromatic rings. The molecule has 3 rings (SSSR count). The maximum Gasteiger partial charge on any atom is 0.310 e. The molecule has 0 aromatic carbocycles. The van der Waals surface area contributed by atoms with Crippen LogP contribution in [-0.4, -0.2) is 81.8 Å². The van der Waals surface area contributed by atoms with Gasteiger partial charge in [0.2, 0.25) is 11.8 Å². The van der Waals surface area contributed by atoms with Crippen LogP contribution >= 0.6 is 0 Å². The number of aliphatic hydroxyl groups is 1. The molecule has 0 unspecified atom stereocenters. The third-order valence-electron chi connectivity index (χ3n) is 6.10. The number of hydrogen-bond donors (Lipinski definition) is 2. The lowest BCUT2D eigenvalue weighted by Crippen LogP contribution is -2.56. The van der Waals surface area contributed by atoms with E-state index in [2.05, 4.69) is 6.58 Å². The molecule has 0 saturated carbocycles. The number of carbonyl (C=O) groups is 3. The van der Waals surface area contributed by atoms with Gasteiger partial charge in [0.25, 0.3) is 0 Å². The minimum atomic E-state index is -1.11. The molecular formula is C19H28N2O6. The first-order valence-electron chi connectivity index (χ1n) is 9.64. The number of β-amino-alcohol motifs (C(OH)–C–C–N with tert-alkyl or cyclic N) is 1. The first kappa shape index (κ1) is 19.8. The van der Waals surface area contributed by atoms with Crippen LogP contribution in [0, 0.1) is 11.8 Å². The number of amides is 2. The Balaban J connectivity index is 1.98. The Morgan fingerprint density at radius 1 is 1.48 bits per heavy atom. The first-order chi connectivity index (χ1) is 12.9. The molecule has 2 bridgehead atoms. The predicted molar refractivity (Wildman–Crippen MR) is 95.7 cm³/mol. The number of carboxylic acid groups (broad SMARTS) is 1. The van der Waals surface area contributed by atoms with E-state index in [9.17, 15) is 24.6 Å². The van der Waals surface area contributed by atoms with Gasteiger partial charge in [0.05, 0.1) is 24.5 Å². The van der Waals surface area contributed by atoms with Crippen molar-refractivity contribution in [3.8, 4) is 0 Å². The molecule has 3 aliphatic heterocycles. The fourth-order valence-corrected chi connectivity index (χ4v) is 5.03. The Kier molecular flexibility index (Phi) is 5.58. The standard InChI is InChI=1S/C19H28N2O6/c1-3-5-9-20(8-4-2)17(24)15-19-7-6-12(27-19)13(18(25)26)14(19)16(23)21(15)10-11-22/h4,12-15,22H,2-3,5-11H2,1H3,(H,25,26)/t12-,13+,14+,15-,19+/m1/s1. The van der Waals surface area contributed by atoms with E-state index in [-0.39, 0.29) is 19.1 Å². The Bertz CT molecular complexity index is 638. The average Bonchev–Trinajstić information content (AvgIpc) is 3.26. The summed E-state index contributed by atoms with van der Waals surface area (Å²) in [4.78, 5) is 41.3. The lowest BCUT2D eigenvalue weighted by molar-refractivity contribution is -0.151. The van der Waals surface area contributed by atoms with E-state index in [1.807, 2.05) is 6.92 Å². The summed E-state index contributed by atoms with van der Waals surface area (Å²) < 4.78 is 6.07. The zero-order valence-corrected chi connectivity index (χ0v) is 15.7. The van der Waals surface area contributed by atoms with Gasteiger partial charge in [-0.25, -0.2) is 0 Å². The number of ether oxygens (including phenoxy) is 1. The van der Waals surface area contributed by atoms with Crippen molar-refractivity contribution in [3.05, 3.63) is 12.7 Å². The molecule has 2 amide bonds. The molecule has 0 radical (unpaired) electrons. The second-order valence-corrected chi connectivity index (χ2v) is 7.58. The van der Waals surface area contributed by atoms with E-state index >= 15 is 0 Å². The third-order valence-corrected chi connectivity index (χ3v) is 6.10. The Morgan fingerprint density at radius 2 is 2.22 bits per heavy atom. The summed E-state index contributed by atoms with van der Waals surface area (Å²) in [6.07, 6.45) is 3.84. The molecular weight excluding hydrogens is 352 g/mol. The number of unbranched alkanes of at least 4 members (excludes halogenated alkanes) is 1. The molecule has 3 heterocycles. The highest BCUT2D eigenvalue weighted by atomic mass is 16.5. The molecule has 2 N–H and O–H groups in total. The Hall–Kier alpha value is -1.93. The number of hydrogen-bond acceptors (Lipinski definition) is 5. The molecule has 3 aliphatic rings. The highest BCUT2D eigenvalue weighted by Crippen LogP contribution is 2.58. The summed E-state index contributed by atoms with van der Waals surface area (Å²) in [6.45, 7) is 6.32. The van der Waals surface area contributed by atoms with Crippen molar-refractivity contribution in [3.63, 3.8) is 0 Å². The molecule has 3 fully saturated rings. The van der Waals surface area contributed by atoms with Crippen molar-refractivity contribution in [1.29, 1.82) is 0 Å². The number of likely N-dealkylation sites (tertiary alicyclic amines) is 1. The highest BCUT2D eigenvalue weighted by molar-refractivity contribution is 5.98. The fraction of sp³-hybridized carbons (Fsp3) is 0.737. The van der Waals surface area contributed by atoms with E-state index in [4.69, 9.17) is 4.74 Å². The van der Waals surface area contributed by atoms with Crippen LogP contribution in [0.3, 0.4) is 0 Å². The van der Waals surface area contributed by atoms with E-state index in [1.54, 1.807) is 11.0 Å². The molecule has 3 saturated heterocycles. The first-order valence-corrected chi connectivity index (χ1v) is 9.64. The van der Waals surface area contributed by atoms with Crippen LogP contribution in [0.2, 0.25) is 0 Å². The number of carboxylic acids is 1. The zero-order valence-electron chi connectivity index (χ0n) is 15.7. The van der Waals surface area contributed by atoms with Gasteiger partial charge in [-0.1, -0.05) is 19.4 Å². The van der Waals surface area contributed by atoms with Gasteiger partial charge >= 0.3 is 5.97 Å². The third kappa shape index (κ3) is 2.95. The van der Waals surface area contributed by atoms with Crippen molar-refractivity contribution in [2.75, 3.05) is 26.2 Å². The van der Waals surface area contributed by atoms with Crippen molar-refractivity contribution < 1.29 is 29.3 Å². The lowest BCUT2D eigenvalue weighted by atomic mass is 9.70. The average molecular weight is 380 g/mol. The molecule has 5 atom stereocenters. The zero-order chi connectivity index (χ0) is 19.8. The van der Waals surface area contributed by atoms with Gasteiger partial charge < -0.3 is 24.7 Å². The lowest BCUT2D eigenvalue weighted by Gasteiger charge is -2.36. The second kappa shape index (κ2) is 7.59. The number of fused-ring (bicyclic) bond motifs is 1. The molecule has 8 heteroatoms. The number of nitrogens with zero attached hydrogens (tertiary/aromatic N) is 2. The van der Waals surface area contributed by atoms with Crippen molar-refractivity contribution >= 4 is 17.8 Å². The van der Waals surface area contributed by atoms with E-state index in [1.165, 1.54) is 4.90 Å². The van der Waals surface area contributed by atoms with Crippen LogP contribution in [0.5, 0.6) is 0 Å². The van der Waals surface area contributed by atoms with Crippen molar-refractivity contribution in [2.45, 2.75) is 50.4 Å². The van der Waals surface area contributed by atoms with Crippen LogP contribution in [0.15, 0.2) is 12.7 Å². The monoisotopic (exact) mass is 380 g/mol. The summed E-state index contributed by atoms with van der Waals surface area (Å²) >= 11 is 0. The number of rotatable bonds is 9. The predicted octanol–water partition coefficient (Wildman–Crippen LogP) is 0.253. The minimum absolute atomic E-state index is 0.0104. The highest BCUT2D eigenvalue weighted by Gasteiger charge is 2.74. The molecule has 1 spiro atoms. The summed E-state index contributed by atoms with van der Waals surface area (Å²) in [7, 11) is 0. The van der Waals surface area contributed by atoms with E-state index in [0.29, 0.717) is 25.9 Å². The SMILES string of the molecule is C=CCN(CCCC)C(=O)[C@H]1N(CCO)C(=O)[C@@H]2[C@@H](C(=O)O)[C@H]3CC[C@]21O3. The fourth-order valence-electron chi connectivity index (χ4n) is 5.03. The van der Waals surface area contributed by atoms with E-state index < -0.39 is 41.5 Å². The Morgan fingerprint density at radius 3 is 2.81 bits per heavy atom. The molecule has 150 valence electrons. The van der Waals surface area contributed by atoms with Crippen LogP contribution in [0.25, 0.3) is 0 Å². The quantitative estimate of drug-likeness (QED) is 0.556. The van der Waals surface area contributed by atoms with Gasteiger partial charge in [0, 0.05) is 19.6 Å². The van der Waals surface area contributed by atoms with Crippen molar-refractivity contribution in [1.82, 2.24) is 9.80 Å². The summed E-state index contributed by atoms with van der Waals surface area (Å²) in [5, 5.41) is 19.1. The van der Waals surface area contributed by atoms with Crippen LogP contribution < -0.4 is 0 Å². The summed E-state index contributed by atoms with van der Waals surface area (Å²) in [5.41, 5.74) is -1.11. The molecule has 8 nitrogen and oxygen atoms in total. The number of carbonyl (C=O) groups excluding carboxylic acids is 2. The maximum absolute atomic E-state index is 13.4. The van der Waals surface area contributed by atoms with Gasteiger partial charge in [0.1, 0.15) is 11.6 Å². The summed E-state index contributed by atoms with van der Waals surface area (Å²) in [5.74, 6) is -3.52. The van der Waals surface area contributed by atoms with Gasteiger partial charge in [0.15, 0.2) is 0 Å². The molecule has 27 heavy (non-hydrogen) atoms. The van der Waals surface area contributed by atoms with Crippen LogP contribution in [-0.2, 0) is 19.1 Å².